The van der Waals surface area contributed by atoms with E-state index in [-0.39, 0.29) is 35.0 Å². The molecule has 3 atom stereocenters. The SMILES string of the molecule is C=C(C)C1CC(=O)C(C)C(C[N+](=O)[O-])C1. The van der Waals surface area contributed by atoms with Crippen LogP contribution < -0.4 is 0 Å². The van der Waals surface area contributed by atoms with Gasteiger partial charge in [0, 0.05) is 23.2 Å². The van der Waals surface area contributed by atoms with Crippen LogP contribution in [0.1, 0.15) is 26.7 Å². The first-order valence-electron chi connectivity index (χ1n) is 5.21. The van der Waals surface area contributed by atoms with Gasteiger partial charge >= 0.3 is 0 Å². The van der Waals surface area contributed by atoms with E-state index in [1.807, 2.05) is 6.92 Å². The Bertz CT molecular complexity index is 298. The molecule has 0 heterocycles. The van der Waals surface area contributed by atoms with Crippen LogP contribution in [0, 0.1) is 27.9 Å². The number of allylic oxidation sites excluding steroid dienone is 1. The second-order valence-electron chi connectivity index (χ2n) is 4.51. The fourth-order valence-corrected chi connectivity index (χ4v) is 2.14. The number of nitrogens with zero attached hydrogens (tertiary/aromatic N) is 1. The molecule has 1 rings (SSSR count). The number of hydrogen-bond acceptors (Lipinski definition) is 3. The van der Waals surface area contributed by atoms with Crippen molar-refractivity contribution >= 4 is 5.78 Å². The van der Waals surface area contributed by atoms with Crippen LogP contribution >= 0.6 is 0 Å². The molecule has 1 saturated carbocycles. The van der Waals surface area contributed by atoms with Gasteiger partial charge in [-0.3, -0.25) is 14.9 Å². The Kier molecular flexibility index (Phi) is 3.61. The van der Waals surface area contributed by atoms with E-state index in [4.69, 9.17) is 0 Å². The van der Waals surface area contributed by atoms with Gasteiger partial charge in [0.05, 0.1) is 0 Å². The van der Waals surface area contributed by atoms with E-state index in [2.05, 4.69) is 6.58 Å². The third-order valence-electron chi connectivity index (χ3n) is 3.33. The maximum Gasteiger partial charge on any atom is 0.207 e. The average molecular weight is 211 g/mol. The van der Waals surface area contributed by atoms with E-state index < -0.39 is 0 Å². The molecule has 3 unspecified atom stereocenters. The van der Waals surface area contributed by atoms with E-state index in [9.17, 15) is 14.9 Å². The monoisotopic (exact) mass is 211 g/mol. The summed E-state index contributed by atoms with van der Waals surface area (Å²) in [4.78, 5) is 21.8. The quantitative estimate of drug-likeness (QED) is 0.408. The summed E-state index contributed by atoms with van der Waals surface area (Å²) in [5, 5.41) is 10.5. The number of Topliss-reactive ketones (excluding diaryl/α,β-unsaturated/α-hetero) is 1. The standard InChI is InChI=1S/C11H17NO3/c1-7(2)9-4-10(6-12(14)15)8(3)11(13)5-9/h8-10H,1,4-6H2,2-3H3. The lowest BCUT2D eigenvalue weighted by atomic mass is 9.72. The second-order valence-corrected chi connectivity index (χ2v) is 4.51. The summed E-state index contributed by atoms with van der Waals surface area (Å²) in [7, 11) is 0. The fraction of sp³-hybridized carbons (Fsp3) is 0.727. The topological polar surface area (TPSA) is 60.2 Å². The normalized spacial score (nSPS) is 31.3. The van der Waals surface area contributed by atoms with Crippen LogP contribution in [0.5, 0.6) is 0 Å². The second kappa shape index (κ2) is 4.55. The first-order chi connectivity index (χ1) is 6.91. The summed E-state index contributed by atoms with van der Waals surface area (Å²) in [6, 6.07) is 0. The van der Waals surface area contributed by atoms with Crippen molar-refractivity contribution in [2.45, 2.75) is 26.7 Å². The van der Waals surface area contributed by atoms with Gasteiger partial charge in [0.2, 0.25) is 6.54 Å². The van der Waals surface area contributed by atoms with E-state index in [0.717, 1.165) is 12.0 Å². The number of carbonyl (C=O) groups is 1. The maximum absolute atomic E-state index is 11.6. The third kappa shape index (κ3) is 2.88. The average Bonchev–Trinajstić information content (AvgIpc) is 2.11. The molecule has 0 bridgehead atoms. The van der Waals surface area contributed by atoms with Gasteiger partial charge in [-0.25, -0.2) is 0 Å². The van der Waals surface area contributed by atoms with Crippen LogP contribution in [0.2, 0.25) is 0 Å². The largest absolute Gasteiger partial charge is 0.299 e. The highest BCUT2D eigenvalue weighted by Crippen LogP contribution is 2.34. The van der Waals surface area contributed by atoms with Crippen LogP contribution in [0.4, 0.5) is 0 Å². The molecule has 0 saturated heterocycles. The van der Waals surface area contributed by atoms with Gasteiger partial charge in [-0.05, 0) is 19.3 Å². The Hall–Kier alpha value is -1.19. The molecule has 0 spiro atoms. The zero-order chi connectivity index (χ0) is 11.6. The summed E-state index contributed by atoms with van der Waals surface area (Å²) in [5.41, 5.74) is 0.962. The van der Waals surface area contributed by atoms with Crippen molar-refractivity contribution in [2.24, 2.45) is 17.8 Å². The van der Waals surface area contributed by atoms with Crippen molar-refractivity contribution in [2.75, 3.05) is 6.54 Å². The number of ketones is 1. The van der Waals surface area contributed by atoms with E-state index in [1.165, 1.54) is 0 Å². The minimum atomic E-state index is -0.324. The van der Waals surface area contributed by atoms with Crippen molar-refractivity contribution in [3.8, 4) is 0 Å². The highest BCUT2D eigenvalue weighted by atomic mass is 16.6. The Labute approximate surface area is 89.5 Å². The van der Waals surface area contributed by atoms with Gasteiger partial charge < -0.3 is 0 Å². The van der Waals surface area contributed by atoms with Crippen LogP contribution in [0.25, 0.3) is 0 Å². The van der Waals surface area contributed by atoms with Crippen molar-refractivity contribution in [1.29, 1.82) is 0 Å². The van der Waals surface area contributed by atoms with Crippen molar-refractivity contribution in [1.82, 2.24) is 0 Å². The molecule has 0 aromatic heterocycles. The molecule has 84 valence electrons. The van der Waals surface area contributed by atoms with Crippen LogP contribution in [-0.2, 0) is 4.79 Å². The Morgan fingerprint density at radius 1 is 1.67 bits per heavy atom. The summed E-state index contributed by atoms with van der Waals surface area (Å²) in [5.74, 6) is -0.0197. The molecule has 0 aromatic rings. The minimum absolute atomic E-state index is 0.101. The third-order valence-corrected chi connectivity index (χ3v) is 3.33. The molecular weight excluding hydrogens is 194 g/mol. The van der Waals surface area contributed by atoms with Gasteiger partial charge in [-0.1, -0.05) is 19.1 Å². The Balaban J connectivity index is 2.72. The highest BCUT2D eigenvalue weighted by molar-refractivity contribution is 5.82. The molecule has 4 heteroatoms. The molecule has 0 radical (unpaired) electrons. The minimum Gasteiger partial charge on any atom is -0.299 e. The van der Waals surface area contributed by atoms with Crippen molar-refractivity contribution in [3.05, 3.63) is 22.3 Å². The number of carbonyl (C=O) groups excluding carboxylic acids is 1. The molecule has 0 amide bonds. The van der Waals surface area contributed by atoms with Gasteiger partial charge in [0.25, 0.3) is 0 Å². The molecule has 4 nitrogen and oxygen atoms in total. The van der Waals surface area contributed by atoms with Gasteiger partial charge in [0.15, 0.2) is 0 Å². The van der Waals surface area contributed by atoms with Gasteiger partial charge in [-0.2, -0.15) is 0 Å². The summed E-state index contributed by atoms with van der Waals surface area (Å²) < 4.78 is 0. The Morgan fingerprint density at radius 2 is 2.27 bits per heavy atom. The van der Waals surface area contributed by atoms with Crippen LogP contribution in [0.3, 0.4) is 0 Å². The van der Waals surface area contributed by atoms with Crippen LogP contribution in [-0.4, -0.2) is 17.3 Å². The summed E-state index contributed by atoms with van der Waals surface area (Å²) >= 11 is 0. The lowest BCUT2D eigenvalue weighted by Gasteiger charge is -2.31. The number of rotatable bonds is 3. The predicted molar refractivity (Wildman–Crippen MR) is 57.1 cm³/mol. The van der Waals surface area contributed by atoms with Gasteiger partial charge in [0.1, 0.15) is 5.78 Å². The highest BCUT2D eigenvalue weighted by Gasteiger charge is 2.36. The molecule has 0 N–H and O–H groups in total. The fourth-order valence-electron chi connectivity index (χ4n) is 2.14. The lowest BCUT2D eigenvalue weighted by molar-refractivity contribution is -0.490. The first kappa shape index (κ1) is 11.9. The molecule has 0 aliphatic heterocycles. The zero-order valence-electron chi connectivity index (χ0n) is 9.23. The molecular formula is C11H17NO3. The van der Waals surface area contributed by atoms with E-state index in [0.29, 0.717) is 6.42 Å². The van der Waals surface area contributed by atoms with Crippen molar-refractivity contribution < 1.29 is 9.72 Å². The van der Waals surface area contributed by atoms with E-state index in [1.54, 1.807) is 6.92 Å². The molecule has 15 heavy (non-hydrogen) atoms. The first-order valence-corrected chi connectivity index (χ1v) is 5.21. The molecule has 1 aliphatic carbocycles. The number of nitro groups is 1. The zero-order valence-corrected chi connectivity index (χ0v) is 9.23. The molecule has 0 aromatic carbocycles. The number of hydrogen-bond donors (Lipinski definition) is 0. The van der Waals surface area contributed by atoms with Crippen LogP contribution in [0.15, 0.2) is 12.2 Å². The summed E-state index contributed by atoms with van der Waals surface area (Å²) in [6.07, 6.45) is 1.23. The smallest absolute Gasteiger partial charge is 0.207 e. The van der Waals surface area contributed by atoms with Gasteiger partial charge in [-0.15, -0.1) is 0 Å². The maximum atomic E-state index is 11.6. The summed E-state index contributed by atoms with van der Waals surface area (Å²) in [6.45, 7) is 7.41. The van der Waals surface area contributed by atoms with Crippen molar-refractivity contribution in [3.63, 3.8) is 0 Å². The molecule has 1 fully saturated rings. The van der Waals surface area contributed by atoms with E-state index >= 15 is 0 Å². The Morgan fingerprint density at radius 3 is 2.73 bits per heavy atom. The lowest BCUT2D eigenvalue weighted by Crippen LogP contribution is -2.35. The predicted octanol–water partition coefficient (Wildman–Crippen LogP) is 2.07. The molecule has 1 aliphatic rings.